The maximum Gasteiger partial charge on any atom is 0.154 e. The lowest BCUT2D eigenvalue weighted by Gasteiger charge is -2.10. The Balaban J connectivity index is 1.66. The molecule has 0 amide bonds. The monoisotopic (exact) mass is 244 g/mol. The Labute approximate surface area is 107 Å². The highest BCUT2D eigenvalue weighted by Gasteiger charge is 2.14. The highest BCUT2D eigenvalue weighted by Crippen LogP contribution is 2.27. The average Bonchev–Trinajstić information content (AvgIpc) is 3.01. The molecule has 0 radical (unpaired) electrons. The molecule has 1 saturated carbocycles. The molecule has 4 heteroatoms. The first-order chi connectivity index (χ1) is 8.84. The summed E-state index contributed by atoms with van der Waals surface area (Å²) in [5.74, 6) is 1.84. The van der Waals surface area contributed by atoms with Gasteiger partial charge in [-0.1, -0.05) is 25.7 Å². The van der Waals surface area contributed by atoms with Gasteiger partial charge in [0.15, 0.2) is 5.82 Å². The fourth-order valence-corrected chi connectivity index (χ4v) is 2.89. The third kappa shape index (κ3) is 2.19. The van der Waals surface area contributed by atoms with Crippen molar-refractivity contribution in [3.63, 3.8) is 0 Å². The molecule has 1 aliphatic rings. The number of nitrogens with one attached hydrogen (secondary N) is 1. The van der Waals surface area contributed by atoms with Crippen molar-refractivity contribution >= 4 is 16.9 Å². The van der Waals surface area contributed by atoms with E-state index < -0.39 is 0 Å². The van der Waals surface area contributed by atoms with Gasteiger partial charge < -0.3 is 9.88 Å². The van der Waals surface area contributed by atoms with E-state index in [1.165, 1.54) is 32.1 Å². The van der Waals surface area contributed by atoms with Crippen molar-refractivity contribution < 1.29 is 0 Å². The van der Waals surface area contributed by atoms with E-state index in [4.69, 9.17) is 0 Å². The van der Waals surface area contributed by atoms with Gasteiger partial charge >= 0.3 is 0 Å². The van der Waals surface area contributed by atoms with Crippen molar-refractivity contribution in [2.24, 2.45) is 13.0 Å². The third-order valence-electron chi connectivity index (χ3n) is 3.96. The fraction of sp³-hybridized carbons (Fsp3) is 0.571. The van der Waals surface area contributed by atoms with Crippen LogP contribution in [0.4, 0.5) is 5.82 Å². The lowest BCUT2D eigenvalue weighted by atomic mass is 10.0. The van der Waals surface area contributed by atoms with Crippen molar-refractivity contribution in [2.45, 2.75) is 32.1 Å². The molecule has 3 rings (SSSR count). The molecule has 0 saturated heterocycles. The van der Waals surface area contributed by atoms with Gasteiger partial charge in [-0.2, -0.15) is 0 Å². The zero-order valence-electron chi connectivity index (χ0n) is 10.9. The quantitative estimate of drug-likeness (QED) is 0.899. The molecule has 0 unspecified atom stereocenters. The van der Waals surface area contributed by atoms with E-state index in [9.17, 15) is 0 Å². The minimum absolute atomic E-state index is 0.917. The Hall–Kier alpha value is -1.58. The Morgan fingerprint density at radius 2 is 2.17 bits per heavy atom. The average molecular weight is 244 g/mol. The highest BCUT2D eigenvalue weighted by atomic mass is 15.1. The number of rotatable bonds is 4. The second-order valence-electron chi connectivity index (χ2n) is 5.25. The lowest BCUT2D eigenvalue weighted by molar-refractivity contribution is 0.518. The summed E-state index contributed by atoms with van der Waals surface area (Å²) in [7, 11) is 2.01. The predicted molar refractivity (Wildman–Crippen MR) is 73.6 cm³/mol. The Morgan fingerprint density at radius 3 is 3.00 bits per heavy atom. The van der Waals surface area contributed by atoms with Gasteiger partial charge in [0, 0.05) is 19.8 Å². The van der Waals surface area contributed by atoms with Crippen molar-refractivity contribution in [3.8, 4) is 0 Å². The number of aromatic nitrogens is 3. The predicted octanol–water partition coefficient (Wildman–Crippen LogP) is 2.96. The van der Waals surface area contributed by atoms with E-state index in [2.05, 4.69) is 15.3 Å². The maximum atomic E-state index is 4.41. The topological polar surface area (TPSA) is 42.7 Å². The van der Waals surface area contributed by atoms with Crippen LogP contribution in [0.25, 0.3) is 11.0 Å². The van der Waals surface area contributed by atoms with E-state index in [-0.39, 0.29) is 0 Å². The molecule has 2 aromatic rings. The molecule has 2 heterocycles. The SMILES string of the molecule is Cn1cnc2c(NCCC3CCCC3)nccc21. The summed E-state index contributed by atoms with van der Waals surface area (Å²) in [5, 5.41) is 3.44. The van der Waals surface area contributed by atoms with Crippen molar-refractivity contribution in [1.29, 1.82) is 0 Å². The normalized spacial score (nSPS) is 16.5. The van der Waals surface area contributed by atoms with Crippen LogP contribution in [0.2, 0.25) is 0 Å². The second-order valence-corrected chi connectivity index (χ2v) is 5.25. The first-order valence-corrected chi connectivity index (χ1v) is 6.84. The summed E-state index contributed by atoms with van der Waals surface area (Å²) < 4.78 is 2.03. The molecule has 1 fully saturated rings. The van der Waals surface area contributed by atoms with E-state index in [0.717, 1.165) is 29.3 Å². The Morgan fingerprint density at radius 1 is 1.33 bits per heavy atom. The minimum Gasteiger partial charge on any atom is -0.368 e. The second kappa shape index (κ2) is 4.96. The van der Waals surface area contributed by atoms with Crippen molar-refractivity contribution in [3.05, 3.63) is 18.6 Å². The molecule has 0 atom stereocenters. The molecule has 0 aliphatic heterocycles. The van der Waals surface area contributed by atoms with Gasteiger partial charge in [-0.15, -0.1) is 0 Å². The van der Waals surface area contributed by atoms with E-state index in [1.807, 2.05) is 30.2 Å². The lowest BCUT2D eigenvalue weighted by Crippen LogP contribution is -2.08. The molecule has 96 valence electrons. The summed E-state index contributed by atoms with van der Waals surface area (Å²) >= 11 is 0. The van der Waals surface area contributed by atoms with Crippen LogP contribution in [0.5, 0.6) is 0 Å². The molecule has 0 spiro atoms. The van der Waals surface area contributed by atoms with Crippen LogP contribution in [0.3, 0.4) is 0 Å². The van der Waals surface area contributed by atoms with E-state index >= 15 is 0 Å². The van der Waals surface area contributed by atoms with Crippen LogP contribution in [-0.4, -0.2) is 21.1 Å². The van der Waals surface area contributed by atoms with Crippen LogP contribution >= 0.6 is 0 Å². The Kier molecular flexibility index (Phi) is 3.17. The van der Waals surface area contributed by atoms with Crippen LogP contribution < -0.4 is 5.32 Å². The van der Waals surface area contributed by atoms with Crippen molar-refractivity contribution in [2.75, 3.05) is 11.9 Å². The maximum absolute atomic E-state index is 4.41. The third-order valence-corrected chi connectivity index (χ3v) is 3.96. The molecular weight excluding hydrogens is 224 g/mol. The van der Waals surface area contributed by atoms with Gasteiger partial charge in [0.2, 0.25) is 0 Å². The van der Waals surface area contributed by atoms with Crippen LogP contribution in [0.15, 0.2) is 18.6 Å². The molecule has 0 aromatic carbocycles. The van der Waals surface area contributed by atoms with E-state index in [0.29, 0.717) is 0 Å². The number of anilines is 1. The number of aryl methyl sites for hydroxylation is 1. The number of nitrogens with zero attached hydrogens (tertiary/aromatic N) is 3. The minimum atomic E-state index is 0.917. The smallest absolute Gasteiger partial charge is 0.154 e. The van der Waals surface area contributed by atoms with Gasteiger partial charge in [-0.25, -0.2) is 9.97 Å². The number of hydrogen-bond donors (Lipinski definition) is 1. The number of hydrogen-bond acceptors (Lipinski definition) is 3. The largest absolute Gasteiger partial charge is 0.368 e. The van der Waals surface area contributed by atoms with Crippen LogP contribution in [0.1, 0.15) is 32.1 Å². The van der Waals surface area contributed by atoms with Crippen LogP contribution in [0, 0.1) is 5.92 Å². The summed E-state index contributed by atoms with van der Waals surface area (Å²) in [5.41, 5.74) is 2.11. The number of imidazole rings is 1. The highest BCUT2D eigenvalue weighted by molar-refractivity contribution is 5.85. The first kappa shape index (κ1) is 11.5. The molecule has 4 nitrogen and oxygen atoms in total. The molecule has 2 aromatic heterocycles. The van der Waals surface area contributed by atoms with Crippen molar-refractivity contribution in [1.82, 2.24) is 14.5 Å². The molecule has 0 bridgehead atoms. The summed E-state index contributed by atoms with van der Waals surface area (Å²) in [4.78, 5) is 8.80. The van der Waals surface area contributed by atoms with Gasteiger partial charge in [-0.3, -0.25) is 0 Å². The summed E-state index contributed by atoms with van der Waals surface area (Å²) in [6, 6.07) is 2.00. The van der Waals surface area contributed by atoms with Crippen LogP contribution in [-0.2, 0) is 7.05 Å². The zero-order valence-corrected chi connectivity index (χ0v) is 10.9. The van der Waals surface area contributed by atoms with Gasteiger partial charge in [0.05, 0.1) is 11.8 Å². The van der Waals surface area contributed by atoms with Gasteiger partial charge in [0.1, 0.15) is 5.52 Å². The molecule has 1 aliphatic carbocycles. The van der Waals surface area contributed by atoms with Gasteiger partial charge in [-0.05, 0) is 18.4 Å². The standard InChI is InChI=1S/C14H20N4/c1-18-10-17-13-12(18)7-9-16-14(13)15-8-6-11-4-2-3-5-11/h7,9-11H,2-6,8H2,1H3,(H,15,16). The summed E-state index contributed by atoms with van der Waals surface area (Å²) in [6.07, 6.45) is 10.6. The molecular formula is C14H20N4. The molecule has 1 N–H and O–H groups in total. The number of pyridine rings is 1. The number of fused-ring (bicyclic) bond motifs is 1. The summed E-state index contributed by atoms with van der Waals surface area (Å²) in [6.45, 7) is 1.01. The fourth-order valence-electron chi connectivity index (χ4n) is 2.89. The van der Waals surface area contributed by atoms with E-state index in [1.54, 1.807) is 0 Å². The van der Waals surface area contributed by atoms with Gasteiger partial charge in [0.25, 0.3) is 0 Å². The molecule has 18 heavy (non-hydrogen) atoms. The zero-order chi connectivity index (χ0) is 12.4. The first-order valence-electron chi connectivity index (χ1n) is 6.84. The Bertz CT molecular complexity index is 526.